The largest absolute Gasteiger partial charge is 0.206 e. The van der Waals surface area contributed by atoms with E-state index in [-0.39, 0.29) is 5.82 Å². The average molecular weight is 400 g/mol. The van der Waals surface area contributed by atoms with Crippen molar-refractivity contribution in [3.8, 4) is 44.5 Å². The van der Waals surface area contributed by atoms with Gasteiger partial charge in [-0.2, -0.15) is 0 Å². The second kappa shape index (κ2) is 8.41. The molecule has 0 bridgehead atoms. The summed E-state index contributed by atoms with van der Waals surface area (Å²) in [6, 6.07) is 41.9. The standard InChI is InChI=1S/C30H21F/c31-27-21-26(22-13-5-1-6-14-22)28(23-15-7-2-8-16-23)30(25-19-11-4-12-20-25)29(27)24-17-9-3-10-18-24/h1-21H. The maximum atomic E-state index is 15.9. The van der Waals surface area contributed by atoms with Crippen molar-refractivity contribution >= 4 is 0 Å². The number of benzene rings is 5. The molecule has 0 saturated carbocycles. The van der Waals surface area contributed by atoms with Crippen molar-refractivity contribution in [2.24, 2.45) is 0 Å². The predicted octanol–water partition coefficient (Wildman–Crippen LogP) is 8.49. The third-order valence-corrected chi connectivity index (χ3v) is 5.55. The van der Waals surface area contributed by atoms with E-state index in [0.29, 0.717) is 5.56 Å². The van der Waals surface area contributed by atoms with Gasteiger partial charge in [0.05, 0.1) is 0 Å². The quantitative estimate of drug-likeness (QED) is 0.284. The first-order valence-electron chi connectivity index (χ1n) is 10.4. The second-order valence-electron chi connectivity index (χ2n) is 7.50. The normalized spacial score (nSPS) is 10.7. The predicted molar refractivity (Wildman–Crippen MR) is 128 cm³/mol. The van der Waals surface area contributed by atoms with Crippen LogP contribution in [0.5, 0.6) is 0 Å². The molecule has 5 aromatic carbocycles. The fourth-order valence-corrected chi connectivity index (χ4v) is 4.18. The molecule has 0 aliphatic carbocycles. The van der Waals surface area contributed by atoms with Crippen molar-refractivity contribution in [2.75, 3.05) is 0 Å². The van der Waals surface area contributed by atoms with E-state index in [9.17, 15) is 0 Å². The van der Waals surface area contributed by atoms with Crippen molar-refractivity contribution in [3.05, 3.63) is 133 Å². The highest BCUT2D eigenvalue weighted by Crippen LogP contribution is 2.46. The van der Waals surface area contributed by atoms with Crippen LogP contribution in [0.2, 0.25) is 0 Å². The van der Waals surface area contributed by atoms with Gasteiger partial charge in [-0.25, -0.2) is 4.39 Å². The molecule has 0 radical (unpaired) electrons. The Hall–Kier alpha value is -3.97. The lowest BCUT2D eigenvalue weighted by molar-refractivity contribution is 0.632. The Labute approximate surface area is 182 Å². The van der Waals surface area contributed by atoms with Crippen LogP contribution < -0.4 is 0 Å². The molecule has 0 aliphatic heterocycles. The highest BCUT2D eigenvalue weighted by Gasteiger charge is 2.22. The van der Waals surface area contributed by atoms with Crippen LogP contribution >= 0.6 is 0 Å². The first kappa shape index (κ1) is 19.0. The van der Waals surface area contributed by atoms with E-state index in [4.69, 9.17) is 0 Å². The Balaban J connectivity index is 1.95. The molecule has 0 amide bonds. The summed E-state index contributed by atoms with van der Waals surface area (Å²) in [6.45, 7) is 0. The van der Waals surface area contributed by atoms with Crippen LogP contribution in [0.3, 0.4) is 0 Å². The van der Waals surface area contributed by atoms with Gasteiger partial charge in [-0.1, -0.05) is 121 Å². The molecule has 0 aromatic heterocycles. The van der Waals surface area contributed by atoms with Crippen LogP contribution in [0.4, 0.5) is 4.39 Å². The van der Waals surface area contributed by atoms with Gasteiger partial charge in [0, 0.05) is 11.1 Å². The molecule has 0 atom stereocenters. The van der Waals surface area contributed by atoms with Gasteiger partial charge in [-0.3, -0.25) is 0 Å². The van der Waals surface area contributed by atoms with E-state index in [0.717, 1.165) is 38.9 Å². The summed E-state index contributed by atoms with van der Waals surface area (Å²) in [7, 11) is 0. The summed E-state index contributed by atoms with van der Waals surface area (Å²) in [5.41, 5.74) is 7.41. The molecule has 0 nitrogen and oxygen atoms in total. The van der Waals surface area contributed by atoms with Crippen LogP contribution in [-0.2, 0) is 0 Å². The summed E-state index contributed by atoms with van der Waals surface area (Å²) >= 11 is 0. The zero-order valence-corrected chi connectivity index (χ0v) is 17.0. The Morgan fingerprint density at radius 2 is 0.710 bits per heavy atom. The van der Waals surface area contributed by atoms with Gasteiger partial charge in [0.1, 0.15) is 5.82 Å². The number of halogens is 1. The van der Waals surface area contributed by atoms with E-state index in [1.54, 1.807) is 6.07 Å². The lowest BCUT2D eigenvalue weighted by Crippen LogP contribution is -1.98. The first-order chi connectivity index (χ1) is 15.3. The molecule has 0 unspecified atom stereocenters. The molecular formula is C30H21F. The molecule has 1 heteroatoms. The molecule has 5 aromatic rings. The van der Waals surface area contributed by atoms with Gasteiger partial charge in [0.15, 0.2) is 0 Å². The van der Waals surface area contributed by atoms with Crippen molar-refractivity contribution in [3.63, 3.8) is 0 Å². The zero-order chi connectivity index (χ0) is 21.0. The summed E-state index contributed by atoms with van der Waals surface area (Å²) in [5, 5.41) is 0. The molecule has 0 heterocycles. The van der Waals surface area contributed by atoms with E-state index in [2.05, 4.69) is 24.3 Å². The molecule has 5 rings (SSSR count). The van der Waals surface area contributed by atoms with Crippen LogP contribution in [0.15, 0.2) is 127 Å². The van der Waals surface area contributed by atoms with Crippen LogP contribution in [0.25, 0.3) is 44.5 Å². The third kappa shape index (κ3) is 3.67. The number of hydrogen-bond donors (Lipinski definition) is 0. The molecule has 0 spiro atoms. The number of hydrogen-bond acceptors (Lipinski definition) is 0. The SMILES string of the molecule is Fc1cc(-c2ccccc2)c(-c2ccccc2)c(-c2ccccc2)c1-c1ccccc1. The Morgan fingerprint density at radius 1 is 0.355 bits per heavy atom. The summed E-state index contributed by atoms with van der Waals surface area (Å²) < 4.78 is 15.9. The molecule has 0 N–H and O–H groups in total. The zero-order valence-electron chi connectivity index (χ0n) is 17.0. The Morgan fingerprint density at radius 3 is 1.16 bits per heavy atom. The van der Waals surface area contributed by atoms with Crippen LogP contribution in [-0.4, -0.2) is 0 Å². The molecule has 31 heavy (non-hydrogen) atoms. The van der Waals surface area contributed by atoms with Gasteiger partial charge in [-0.15, -0.1) is 0 Å². The minimum atomic E-state index is -0.219. The average Bonchev–Trinajstić information content (AvgIpc) is 2.85. The summed E-state index contributed by atoms with van der Waals surface area (Å²) in [4.78, 5) is 0. The summed E-state index contributed by atoms with van der Waals surface area (Å²) in [5.74, 6) is -0.219. The number of rotatable bonds is 4. The fourth-order valence-electron chi connectivity index (χ4n) is 4.18. The van der Waals surface area contributed by atoms with Crippen molar-refractivity contribution < 1.29 is 4.39 Å². The Bertz CT molecular complexity index is 1290. The first-order valence-corrected chi connectivity index (χ1v) is 10.4. The van der Waals surface area contributed by atoms with E-state index >= 15 is 4.39 Å². The van der Waals surface area contributed by atoms with Gasteiger partial charge >= 0.3 is 0 Å². The Kier molecular flexibility index (Phi) is 5.16. The molecule has 0 saturated heterocycles. The van der Waals surface area contributed by atoms with Gasteiger partial charge < -0.3 is 0 Å². The fraction of sp³-hybridized carbons (Fsp3) is 0. The highest BCUT2D eigenvalue weighted by molar-refractivity contribution is 6.01. The third-order valence-electron chi connectivity index (χ3n) is 5.55. The van der Waals surface area contributed by atoms with E-state index in [1.807, 2.05) is 97.1 Å². The van der Waals surface area contributed by atoms with Crippen molar-refractivity contribution in [1.82, 2.24) is 0 Å². The molecular weight excluding hydrogens is 379 g/mol. The topological polar surface area (TPSA) is 0 Å². The molecule has 148 valence electrons. The van der Waals surface area contributed by atoms with Crippen molar-refractivity contribution in [2.45, 2.75) is 0 Å². The maximum Gasteiger partial charge on any atom is 0.132 e. The van der Waals surface area contributed by atoms with Crippen molar-refractivity contribution in [1.29, 1.82) is 0 Å². The van der Waals surface area contributed by atoms with Gasteiger partial charge in [0.2, 0.25) is 0 Å². The summed E-state index contributed by atoms with van der Waals surface area (Å²) in [6.07, 6.45) is 0. The minimum absolute atomic E-state index is 0.219. The monoisotopic (exact) mass is 400 g/mol. The van der Waals surface area contributed by atoms with Crippen LogP contribution in [0.1, 0.15) is 0 Å². The van der Waals surface area contributed by atoms with Gasteiger partial charge in [0.25, 0.3) is 0 Å². The lowest BCUT2D eigenvalue weighted by Gasteiger charge is -2.21. The van der Waals surface area contributed by atoms with Crippen LogP contribution in [0, 0.1) is 5.82 Å². The van der Waals surface area contributed by atoms with E-state index in [1.165, 1.54) is 0 Å². The molecule has 0 fully saturated rings. The highest BCUT2D eigenvalue weighted by atomic mass is 19.1. The molecule has 0 aliphatic rings. The van der Waals surface area contributed by atoms with E-state index < -0.39 is 0 Å². The second-order valence-corrected chi connectivity index (χ2v) is 7.50. The minimum Gasteiger partial charge on any atom is -0.206 e. The maximum absolute atomic E-state index is 15.9. The lowest BCUT2D eigenvalue weighted by atomic mass is 9.82. The van der Waals surface area contributed by atoms with Gasteiger partial charge in [-0.05, 0) is 39.4 Å². The smallest absolute Gasteiger partial charge is 0.132 e.